The molecule has 0 N–H and O–H groups in total. The minimum atomic E-state index is 0.494. The van der Waals surface area contributed by atoms with E-state index >= 15 is 0 Å². The number of carbonyl (C=O) groups excluding carboxylic acids is 1. The Bertz CT molecular complexity index is 418. The normalized spacial score (nSPS) is 14.6. The first kappa shape index (κ1) is 13.4. The van der Waals surface area contributed by atoms with E-state index in [2.05, 4.69) is 4.90 Å². The van der Waals surface area contributed by atoms with Crippen LogP contribution in [0.15, 0.2) is 18.2 Å². The minimum absolute atomic E-state index is 0.494. The molecule has 0 amide bonds. The van der Waals surface area contributed by atoms with Gasteiger partial charge in [0.05, 0.1) is 11.6 Å². The monoisotopic (exact) mass is 267 g/mol. The first-order chi connectivity index (χ1) is 8.70. The summed E-state index contributed by atoms with van der Waals surface area (Å²) in [5, 5.41) is 0.494. The topological polar surface area (TPSA) is 29.5 Å². The van der Waals surface area contributed by atoms with Crippen LogP contribution in [0.1, 0.15) is 23.2 Å². The van der Waals surface area contributed by atoms with Crippen LogP contribution in [-0.2, 0) is 4.74 Å². The van der Waals surface area contributed by atoms with Gasteiger partial charge in [-0.05, 0) is 37.0 Å². The molecule has 18 heavy (non-hydrogen) atoms. The molecular weight excluding hydrogens is 250 g/mol. The van der Waals surface area contributed by atoms with E-state index in [-0.39, 0.29) is 0 Å². The number of benzene rings is 1. The van der Waals surface area contributed by atoms with Gasteiger partial charge in [-0.25, -0.2) is 0 Å². The first-order valence-corrected chi connectivity index (χ1v) is 6.62. The Morgan fingerprint density at radius 3 is 2.89 bits per heavy atom. The molecule has 0 aromatic heterocycles. The summed E-state index contributed by atoms with van der Waals surface area (Å²) in [6.45, 7) is 2.43. The number of hydrogen-bond donors (Lipinski definition) is 0. The number of ether oxygens (including phenoxy) is 1. The van der Waals surface area contributed by atoms with E-state index in [0.29, 0.717) is 10.6 Å². The maximum Gasteiger partial charge on any atom is 0.151 e. The molecule has 1 aliphatic rings. The quantitative estimate of drug-likeness (QED) is 0.562. The predicted molar refractivity (Wildman–Crippen MR) is 73.7 cm³/mol. The maximum absolute atomic E-state index is 10.7. The third kappa shape index (κ3) is 3.72. The van der Waals surface area contributed by atoms with E-state index in [4.69, 9.17) is 16.3 Å². The Labute approximate surface area is 113 Å². The SMILES string of the molecule is CN(CCOCC1CC1)c1ccc(C=O)c(Cl)c1. The van der Waals surface area contributed by atoms with Gasteiger partial charge in [0.15, 0.2) is 6.29 Å². The number of nitrogens with zero attached hydrogens (tertiary/aromatic N) is 1. The Balaban J connectivity index is 1.81. The zero-order valence-corrected chi connectivity index (χ0v) is 11.3. The van der Waals surface area contributed by atoms with E-state index in [9.17, 15) is 4.79 Å². The molecule has 98 valence electrons. The predicted octanol–water partition coefficient (Wildman–Crippen LogP) is 3.02. The van der Waals surface area contributed by atoms with Gasteiger partial charge < -0.3 is 9.64 Å². The summed E-state index contributed by atoms with van der Waals surface area (Å²) in [5.74, 6) is 0.802. The third-order valence-electron chi connectivity index (χ3n) is 3.17. The van der Waals surface area contributed by atoms with Gasteiger partial charge in [-0.1, -0.05) is 11.6 Å². The van der Waals surface area contributed by atoms with Crippen LogP contribution in [0.3, 0.4) is 0 Å². The van der Waals surface area contributed by atoms with Crippen molar-refractivity contribution >= 4 is 23.6 Å². The van der Waals surface area contributed by atoms with Crippen LogP contribution < -0.4 is 4.90 Å². The van der Waals surface area contributed by atoms with Gasteiger partial charge in [-0.2, -0.15) is 0 Å². The van der Waals surface area contributed by atoms with Gasteiger partial charge in [-0.3, -0.25) is 4.79 Å². The molecular formula is C14H18ClNO2. The molecule has 0 saturated heterocycles. The van der Waals surface area contributed by atoms with Crippen LogP contribution in [0.25, 0.3) is 0 Å². The summed E-state index contributed by atoms with van der Waals surface area (Å²) in [6, 6.07) is 5.45. The summed E-state index contributed by atoms with van der Waals surface area (Å²) in [5.41, 5.74) is 1.53. The Morgan fingerprint density at radius 1 is 1.50 bits per heavy atom. The summed E-state index contributed by atoms with van der Waals surface area (Å²) in [7, 11) is 1.99. The second-order valence-electron chi connectivity index (χ2n) is 4.76. The maximum atomic E-state index is 10.7. The lowest BCUT2D eigenvalue weighted by Gasteiger charge is -2.19. The van der Waals surface area contributed by atoms with Crippen LogP contribution >= 0.6 is 11.6 Å². The van der Waals surface area contributed by atoms with Gasteiger partial charge in [0.2, 0.25) is 0 Å². The number of rotatable bonds is 7. The van der Waals surface area contributed by atoms with Crippen molar-refractivity contribution in [3.63, 3.8) is 0 Å². The fourth-order valence-electron chi connectivity index (χ4n) is 1.71. The molecule has 0 aliphatic heterocycles. The highest BCUT2D eigenvalue weighted by Gasteiger charge is 2.20. The van der Waals surface area contributed by atoms with Gasteiger partial charge in [0.1, 0.15) is 0 Å². The largest absolute Gasteiger partial charge is 0.379 e. The van der Waals surface area contributed by atoms with E-state index in [0.717, 1.165) is 37.6 Å². The first-order valence-electron chi connectivity index (χ1n) is 6.24. The molecule has 0 heterocycles. The third-order valence-corrected chi connectivity index (χ3v) is 3.50. The van der Waals surface area contributed by atoms with Crippen molar-refractivity contribution in [1.82, 2.24) is 0 Å². The van der Waals surface area contributed by atoms with Crippen LogP contribution in [0, 0.1) is 5.92 Å². The molecule has 0 atom stereocenters. The lowest BCUT2D eigenvalue weighted by molar-refractivity contribution is 0.112. The fraction of sp³-hybridized carbons (Fsp3) is 0.500. The van der Waals surface area contributed by atoms with Crippen molar-refractivity contribution in [3.8, 4) is 0 Å². The standard InChI is InChI=1S/C14H18ClNO2/c1-16(6-7-18-10-11-2-3-11)13-5-4-12(9-17)14(15)8-13/h4-5,8-9,11H,2-3,6-7,10H2,1H3. The summed E-state index contributed by atoms with van der Waals surface area (Å²) in [4.78, 5) is 12.7. The van der Waals surface area contributed by atoms with Gasteiger partial charge in [0.25, 0.3) is 0 Å². The van der Waals surface area contributed by atoms with E-state index in [1.54, 1.807) is 6.07 Å². The van der Waals surface area contributed by atoms with Crippen molar-refractivity contribution in [2.45, 2.75) is 12.8 Å². The minimum Gasteiger partial charge on any atom is -0.379 e. The van der Waals surface area contributed by atoms with Crippen molar-refractivity contribution in [3.05, 3.63) is 28.8 Å². The highest BCUT2D eigenvalue weighted by atomic mass is 35.5. The molecule has 0 unspecified atom stereocenters. The number of hydrogen-bond acceptors (Lipinski definition) is 3. The summed E-state index contributed by atoms with van der Waals surface area (Å²) < 4.78 is 5.59. The van der Waals surface area contributed by atoms with Crippen molar-refractivity contribution in [2.24, 2.45) is 5.92 Å². The van der Waals surface area contributed by atoms with Crippen molar-refractivity contribution < 1.29 is 9.53 Å². The van der Waals surface area contributed by atoms with Gasteiger partial charge in [-0.15, -0.1) is 0 Å². The summed E-state index contributed by atoms with van der Waals surface area (Å²) >= 11 is 6.00. The molecule has 1 aliphatic carbocycles. The average Bonchev–Trinajstić information content (AvgIpc) is 3.18. The molecule has 1 saturated carbocycles. The van der Waals surface area contributed by atoms with Crippen LogP contribution in [0.4, 0.5) is 5.69 Å². The number of likely N-dealkylation sites (N-methyl/N-ethyl adjacent to an activating group) is 1. The lowest BCUT2D eigenvalue weighted by atomic mass is 10.2. The van der Waals surface area contributed by atoms with Crippen molar-refractivity contribution in [2.75, 3.05) is 31.7 Å². The number of carbonyl (C=O) groups is 1. The molecule has 1 aromatic carbocycles. The molecule has 0 bridgehead atoms. The molecule has 1 aromatic rings. The highest BCUT2D eigenvalue weighted by Crippen LogP contribution is 2.28. The molecule has 0 spiro atoms. The highest BCUT2D eigenvalue weighted by molar-refractivity contribution is 6.33. The Hall–Kier alpha value is -1.06. The van der Waals surface area contributed by atoms with Crippen LogP contribution in [-0.4, -0.2) is 33.1 Å². The van der Waals surface area contributed by atoms with Crippen molar-refractivity contribution in [1.29, 1.82) is 0 Å². The Kier molecular flexibility index (Phi) is 4.61. The number of anilines is 1. The van der Waals surface area contributed by atoms with E-state index in [1.165, 1.54) is 12.8 Å². The average molecular weight is 268 g/mol. The van der Waals surface area contributed by atoms with Crippen LogP contribution in [0.5, 0.6) is 0 Å². The fourth-order valence-corrected chi connectivity index (χ4v) is 1.93. The van der Waals surface area contributed by atoms with E-state index < -0.39 is 0 Å². The zero-order chi connectivity index (χ0) is 13.0. The number of aldehydes is 1. The van der Waals surface area contributed by atoms with Gasteiger partial charge in [0, 0.05) is 31.5 Å². The Morgan fingerprint density at radius 2 is 2.28 bits per heavy atom. The molecule has 2 rings (SSSR count). The van der Waals surface area contributed by atoms with Crippen LogP contribution in [0.2, 0.25) is 5.02 Å². The smallest absolute Gasteiger partial charge is 0.151 e. The number of halogens is 1. The molecule has 0 radical (unpaired) electrons. The lowest BCUT2D eigenvalue weighted by Crippen LogP contribution is -2.23. The molecule has 4 heteroatoms. The second-order valence-corrected chi connectivity index (χ2v) is 5.17. The van der Waals surface area contributed by atoms with E-state index in [1.807, 2.05) is 19.2 Å². The van der Waals surface area contributed by atoms with Gasteiger partial charge >= 0.3 is 0 Å². The zero-order valence-electron chi connectivity index (χ0n) is 10.6. The second kappa shape index (κ2) is 6.21. The summed E-state index contributed by atoms with van der Waals surface area (Å²) in [6.07, 6.45) is 3.40. The molecule has 3 nitrogen and oxygen atoms in total. The molecule has 1 fully saturated rings.